The summed E-state index contributed by atoms with van der Waals surface area (Å²) in [6.45, 7) is 7.43. The first kappa shape index (κ1) is 15.1. The Hall–Kier alpha value is -1.26. The maximum atomic E-state index is 4.29. The Labute approximate surface area is 125 Å². The van der Waals surface area contributed by atoms with Crippen LogP contribution < -0.4 is 5.32 Å². The van der Waals surface area contributed by atoms with Gasteiger partial charge in [-0.2, -0.15) is 0 Å². The molecule has 0 bridgehead atoms. The lowest BCUT2D eigenvalue weighted by Gasteiger charge is -2.05. The molecule has 4 heteroatoms. The molecule has 0 unspecified atom stereocenters. The highest BCUT2D eigenvalue weighted by Crippen LogP contribution is 2.14. The van der Waals surface area contributed by atoms with Crippen LogP contribution in [0, 0.1) is 6.92 Å². The third-order valence-corrected chi connectivity index (χ3v) is 4.15. The number of hydrogen-bond donors (Lipinski definition) is 1. The average molecular weight is 289 g/mol. The molecule has 0 radical (unpaired) electrons. The highest BCUT2D eigenvalue weighted by molar-refractivity contribution is 7.11. The Kier molecular flexibility index (Phi) is 5.68. The minimum absolute atomic E-state index is 0.531. The molecule has 1 aromatic heterocycles. The zero-order valence-electron chi connectivity index (χ0n) is 12.5. The van der Waals surface area contributed by atoms with Crippen molar-refractivity contribution in [2.24, 2.45) is 0 Å². The summed E-state index contributed by atoms with van der Waals surface area (Å²) in [5.41, 5.74) is 2.70. The summed E-state index contributed by atoms with van der Waals surface area (Å²) < 4.78 is 0. The molecule has 1 aromatic carbocycles. The first-order valence-electron chi connectivity index (χ1n) is 7.23. The van der Waals surface area contributed by atoms with Gasteiger partial charge in [-0.05, 0) is 18.9 Å². The molecule has 0 saturated heterocycles. The van der Waals surface area contributed by atoms with Crippen LogP contribution in [0.5, 0.6) is 0 Å². The van der Waals surface area contributed by atoms with Gasteiger partial charge in [-0.3, -0.25) is 0 Å². The number of hydrogen-bond acceptors (Lipinski definition) is 4. The van der Waals surface area contributed by atoms with Crippen molar-refractivity contribution in [3.63, 3.8) is 0 Å². The Balaban J connectivity index is 1.80. The van der Waals surface area contributed by atoms with Crippen molar-refractivity contribution in [2.75, 3.05) is 6.54 Å². The van der Waals surface area contributed by atoms with E-state index in [0.717, 1.165) is 35.8 Å². The van der Waals surface area contributed by atoms with Crippen LogP contribution >= 0.6 is 11.3 Å². The van der Waals surface area contributed by atoms with Gasteiger partial charge in [-0.1, -0.05) is 43.7 Å². The van der Waals surface area contributed by atoms with Gasteiger partial charge in [0.2, 0.25) is 0 Å². The normalized spacial score (nSPS) is 11.2. The molecule has 108 valence electrons. The first-order valence-corrected chi connectivity index (χ1v) is 8.05. The summed E-state index contributed by atoms with van der Waals surface area (Å²) in [6, 6.07) is 9.21. The number of rotatable bonds is 7. The number of nitrogens with one attached hydrogen (secondary N) is 1. The Morgan fingerprint density at radius 1 is 1.10 bits per heavy atom. The summed E-state index contributed by atoms with van der Waals surface area (Å²) in [5.74, 6) is 0. The van der Waals surface area contributed by atoms with Crippen LogP contribution in [0.15, 0.2) is 24.3 Å². The van der Waals surface area contributed by atoms with E-state index in [9.17, 15) is 0 Å². The smallest absolute Gasteiger partial charge is 0.118 e. The van der Waals surface area contributed by atoms with Crippen molar-refractivity contribution in [1.29, 1.82) is 0 Å². The maximum absolute atomic E-state index is 4.29. The van der Waals surface area contributed by atoms with E-state index in [-0.39, 0.29) is 0 Å². The van der Waals surface area contributed by atoms with Gasteiger partial charge in [-0.25, -0.2) is 0 Å². The second-order valence-corrected chi connectivity index (χ2v) is 6.58. The Bertz CT molecular complexity index is 534. The van der Waals surface area contributed by atoms with E-state index < -0.39 is 0 Å². The fraction of sp³-hybridized carbons (Fsp3) is 0.500. The molecule has 0 fully saturated rings. The molecule has 0 spiro atoms. The molecule has 3 nitrogen and oxygen atoms in total. The van der Waals surface area contributed by atoms with Crippen LogP contribution in [-0.2, 0) is 19.3 Å². The Morgan fingerprint density at radius 3 is 2.55 bits per heavy atom. The molecule has 0 aliphatic carbocycles. The van der Waals surface area contributed by atoms with E-state index in [1.54, 1.807) is 11.3 Å². The van der Waals surface area contributed by atoms with Gasteiger partial charge in [-0.15, -0.1) is 21.5 Å². The summed E-state index contributed by atoms with van der Waals surface area (Å²) in [5, 5.41) is 14.3. The van der Waals surface area contributed by atoms with Crippen LogP contribution in [-0.4, -0.2) is 22.8 Å². The van der Waals surface area contributed by atoms with E-state index in [1.165, 1.54) is 11.1 Å². The van der Waals surface area contributed by atoms with Gasteiger partial charge in [0.1, 0.15) is 10.0 Å². The quantitative estimate of drug-likeness (QED) is 0.851. The molecule has 2 aromatic rings. The monoisotopic (exact) mass is 289 g/mol. The number of benzene rings is 1. The zero-order valence-corrected chi connectivity index (χ0v) is 13.3. The summed E-state index contributed by atoms with van der Waals surface area (Å²) >= 11 is 1.75. The van der Waals surface area contributed by atoms with Crippen molar-refractivity contribution in [1.82, 2.24) is 15.5 Å². The lowest BCUT2D eigenvalue weighted by Crippen LogP contribution is -2.24. The third kappa shape index (κ3) is 5.02. The van der Waals surface area contributed by atoms with Crippen LogP contribution in [0.4, 0.5) is 0 Å². The highest BCUT2D eigenvalue weighted by Gasteiger charge is 2.05. The van der Waals surface area contributed by atoms with Crippen molar-refractivity contribution in [2.45, 2.75) is 46.1 Å². The number of aromatic nitrogens is 2. The zero-order chi connectivity index (χ0) is 14.4. The molecule has 0 aliphatic rings. The van der Waals surface area contributed by atoms with Crippen molar-refractivity contribution >= 4 is 11.3 Å². The fourth-order valence-electron chi connectivity index (χ4n) is 2.08. The molecule has 0 saturated carbocycles. The van der Waals surface area contributed by atoms with Crippen LogP contribution in [0.25, 0.3) is 0 Å². The molecule has 20 heavy (non-hydrogen) atoms. The summed E-state index contributed by atoms with van der Waals surface area (Å²) in [6.07, 6.45) is 3.00. The van der Waals surface area contributed by atoms with Gasteiger partial charge in [0.25, 0.3) is 0 Å². The second-order valence-electron chi connectivity index (χ2n) is 5.44. The maximum Gasteiger partial charge on any atom is 0.118 e. The van der Waals surface area contributed by atoms with Gasteiger partial charge in [0, 0.05) is 25.4 Å². The fourth-order valence-corrected chi connectivity index (χ4v) is 2.92. The Morgan fingerprint density at radius 2 is 1.85 bits per heavy atom. The van der Waals surface area contributed by atoms with Crippen molar-refractivity contribution in [3.05, 3.63) is 45.4 Å². The van der Waals surface area contributed by atoms with Gasteiger partial charge < -0.3 is 5.32 Å². The minimum Gasteiger partial charge on any atom is -0.314 e. The van der Waals surface area contributed by atoms with Gasteiger partial charge in [0.15, 0.2) is 0 Å². The van der Waals surface area contributed by atoms with E-state index in [2.05, 4.69) is 60.6 Å². The molecular weight excluding hydrogens is 266 g/mol. The largest absolute Gasteiger partial charge is 0.314 e. The third-order valence-electron chi connectivity index (χ3n) is 3.11. The number of aryl methyl sites for hydroxylation is 3. The van der Waals surface area contributed by atoms with Crippen molar-refractivity contribution in [3.8, 4) is 0 Å². The SMILES string of the molecule is Cc1cccc(CCc2nnc(CCNC(C)C)s2)c1. The predicted molar refractivity (Wildman–Crippen MR) is 85.3 cm³/mol. The molecule has 0 atom stereocenters. The average Bonchev–Trinajstić information content (AvgIpc) is 2.84. The minimum atomic E-state index is 0.531. The van der Waals surface area contributed by atoms with Crippen LogP contribution in [0.3, 0.4) is 0 Å². The lowest BCUT2D eigenvalue weighted by molar-refractivity contribution is 0.588. The van der Waals surface area contributed by atoms with E-state index >= 15 is 0 Å². The second kappa shape index (κ2) is 7.50. The molecule has 0 amide bonds. The van der Waals surface area contributed by atoms with Gasteiger partial charge in [0.05, 0.1) is 0 Å². The summed E-state index contributed by atoms with van der Waals surface area (Å²) in [4.78, 5) is 0. The van der Waals surface area contributed by atoms with Crippen LogP contribution in [0.2, 0.25) is 0 Å². The molecule has 0 aliphatic heterocycles. The lowest BCUT2D eigenvalue weighted by atomic mass is 10.1. The molecule has 1 heterocycles. The van der Waals surface area contributed by atoms with Crippen molar-refractivity contribution < 1.29 is 0 Å². The predicted octanol–water partition coefficient (Wildman–Crippen LogP) is 3.17. The molecule has 2 rings (SSSR count). The molecule has 1 N–H and O–H groups in total. The van der Waals surface area contributed by atoms with E-state index in [0.29, 0.717) is 6.04 Å². The van der Waals surface area contributed by atoms with Crippen LogP contribution in [0.1, 0.15) is 35.0 Å². The highest BCUT2D eigenvalue weighted by atomic mass is 32.1. The molecular formula is C16H23N3S. The number of nitrogens with zero attached hydrogens (tertiary/aromatic N) is 2. The standard InChI is InChI=1S/C16H23N3S/c1-12(2)17-10-9-16-19-18-15(20-16)8-7-14-6-4-5-13(3)11-14/h4-6,11-12,17H,7-10H2,1-3H3. The van der Waals surface area contributed by atoms with Gasteiger partial charge >= 0.3 is 0 Å². The summed E-state index contributed by atoms with van der Waals surface area (Å²) in [7, 11) is 0. The first-order chi connectivity index (χ1) is 9.63. The van der Waals surface area contributed by atoms with E-state index in [1.807, 2.05) is 0 Å². The van der Waals surface area contributed by atoms with E-state index in [4.69, 9.17) is 0 Å². The topological polar surface area (TPSA) is 37.8 Å².